The molecule has 0 bridgehead atoms. The second-order valence-electron chi connectivity index (χ2n) is 11.1. The van der Waals surface area contributed by atoms with E-state index in [1.54, 1.807) is 18.6 Å². The van der Waals surface area contributed by atoms with E-state index in [4.69, 9.17) is 5.73 Å². The van der Waals surface area contributed by atoms with Gasteiger partial charge in [0, 0.05) is 54.1 Å². The van der Waals surface area contributed by atoms with Crippen molar-refractivity contribution in [3.8, 4) is 0 Å². The fraction of sp³-hybridized carbons (Fsp3) is 0.560. The van der Waals surface area contributed by atoms with Gasteiger partial charge >= 0.3 is 6.18 Å². The van der Waals surface area contributed by atoms with Crippen LogP contribution in [-0.2, 0) is 17.5 Å². The van der Waals surface area contributed by atoms with E-state index in [1.165, 1.54) is 18.9 Å². The van der Waals surface area contributed by atoms with Crippen molar-refractivity contribution in [3.63, 3.8) is 0 Å². The lowest BCUT2D eigenvalue weighted by Gasteiger charge is -2.46. The average molecular weight is 568 g/mol. The highest BCUT2D eigenvalue weighted by molar-refractivity contribution is 7.99. The molecule has 2 unspecified atom stereocenters. The minimum atomic E-state index is -4.57. The Morgan fingerprint density at radius 3 is 2.53 bits per heavy atom. The molecule has 1 aliphatic carbocycles. The fourth-order valence-corrected chi connectivity index (χ4v) is 7.40. The number of nitrogens with two attached hydrogens (primary N) is 1. The van der Waals surface area contributed by atoms with Gasteiger partial charge in [-0.05, 0) is 51.5 Å². The van der Waals surface area contributed by atoms with Gasteiger partial charge in [-0.1, -0.05) is 24.6 Å². The Morgan fingerprint density at radius 2 is 1.84 bits per heavy atom. The molecule has 8 nitrogen and oxygen atoms in total. The van der Waals surface area contributed by atoms with Gasteiger partial charge in [0.1, 0.15) is 10.6 Å². The Labute approximate surface area is 227 Å². The molecule has 3 aromatic rings. The normalized spacial score (nSPS) is 20.9. The number of pyridine rings is 1. The van der Waals surface area contributed by atoms with E-state index in [0.717, 1.165) is 43.8 Å². The number of imidazole rings is 1. The van der Waals surface area contributed by atoms with Gasteiger partial charge in [-0.3, -0.25) is 4.40 Å². The molecule has 206 valence electrons. The smallest absolute Gasteiger partial charge is 0.418 e. The molecule has 1 saturated heterocycles. The zero-order valence-electron chi connectivity index (χ0n) is 21.6. The molecule has 4 heterocycles. The Morgan fingerprint density at radius 1 is 1.11 bits per heavy atom. The van der Waals surface area contributed by atoms with Crippen molar-refractivity contribution in [1.29, 1.82) is 0 Å². The molecule has 38 heavy (non-hydrogen) atoms. The van der Waals surface area contributed by atoms with Crippen molar-refractivity contribution in [2.24, 2.45) is 5.41 Å². The monoisotopic (exact) mass is 567 g/mol. The zero-order valence-corrected chi connectivity index (χ0v) is 23.2. The van der Waals surface area contributed by atoms with Crippen LogP contribution in [0, 0.1) is 5.41 Å². The van der Waals surface area contributed by atoms with Gasteiger partial charge in [-0.25, -0.2) is 15.0 Å². The number of nitrogen functional groups attached to an aromatic ring is 1. The first kappa shape index (κ1) is 27.4. The summed E-state index contributed by atoms with van der Waals surface area (Å²) in [6.45, 7) is 7.31. The molecule has 2 aliphatic rings. The maximum absolute atomic E-state index is 13.6. The van der Waals surface area contributed by atoms with E-state index in [1.807, 2.05) is 25.2 Å². The summed E-state index contributed by atoms with van der Waals surface area (Å²) in [7, 11) is 0. The van der Waals surface area contributed by atoms with Crippen LogP contribution in [0.2, 0.25) is 0 Å². The molecule has 0 radical (unpaired) electrons. The molecule has 2 atom stereocenters. The lowest BCUT2D eigenvalue weighted by molar-refractivity contribution is -0.140. The number of alkyl halides is 3. The second kappa shape index (κ2) is 10.1. The number of piperidine rings is 1. The van der Waals surface area contributed by atoms with Crippen molar-refractivity contribution in [2.45, 2.75) is 79.6 Å². The number of fused-ring (bicyclic) bond motifs is 1. The van der Waals surface area contributed by atoms with Crippen LogP contribution in [0.5, 0.6) is 0 Å². The lowest BCUT2D eigenvalue weighted by Crippen LogP contribution is -2.60. The van der Waals surface area contributed by atoms with Gasteiger partial charge in [0.05, 0.1) is 16.5 Å². The molecule has 0 aromatic carbocycles. The highest BCUT2D eigenvalue weighted by Gasteiger charge is 2.48. The highest BCUT2D eigenvalue weighted by Crippen LogP contribution is 2.47. The van der Waals surface area contributed by atoms with Crippen molar-refractivity contribution >= 4 is 40.5 Å². The summed E-state index contributed by atoms with van der Waals surface area (Å²) in [6, 6.07) is 1.25. The van der Waals surface area contributed by atoms with Crippen LogP contribution in [0.1, 0.15) is 58.4 Å². The minimum absolute atomic E-state index is 0.00443. The second-order valence-corrected chi connectivity index (χ2v) is 14.1. The van der Waals surface area contributed by atoms with Crippen LogP contribution in [0.4, 0.5) is 24.9 Å². The van der Waals surface area contributed by atoms with Gasteiger partial charge < -0.3 is 15.2 Å². The van der Waals surface area contributed by atoms with E-state index in [2.05, 4.69) is 24.6 Å². The highest BCUT2D eigenvalue weighted by atomic mass is 32.2. The molecule has 13 heteroatoms. The van der Waals surface area contributed by atoms with Crippen molar-refractivity contribution in [1.82, 2.24) is 24.1 Å². The van der Waals surface area contributed by atoms with Crippen molar-refractivity contribution < 1.29 is 17.7 Å². The standard InChI is InChI=1S/C25H32F3N7OS2/c1-23(2,3)38(36)33-19-15-34(10-8-24(19)6-4-5-7-24)22-32-14-18(21-30-9-11-35(21)22)37-17-12-20(29)31-13-16(17)25(26,27)28/h9,11-14,19,33H,4-8,10,15H2,1-3H3,(H2,29,31). The maximum atomic E-state index is 13.6. The maximum Gasteiger partial charge on any atom is 0.418 e. The summed E-state index contributed by atoms with van der Waals surface area (Å²) >= 11 is -0.298. The number of rotatable bonds is 5. The lowest BCUT2D eigenvalue weighted by atomic mass is 9.73. The Bertz CT molecular complexity index is 1300. The molecule has 0 amide bonds. The molecule has 1 aliphatic heterocycles. The average Bonchev–Trinajstić information content (AvgIpc) is 3.50. The molecule has 1 spiro atoms. The van der Waals surface area contributed by atoms with E-state index >= 15 is 0 Å². The van der Waals surface area contributed by atoms with E-state index in [-0.39, 0.29) is 26.9 Å². The Balaban J connectivity index is 1.45. The first-order valence-electron chi connectivity index (χ1n) is 12.6. The summed E-state index contributed by atoms with van der Waals surface area (Å²) in [5, 5.41) is 0. The fourth-order valence-electron chi connectivity index (χ4n) is 5.42. The molecule has 3 aromatic heterocycles. The van der Waals surface area contributed by atoms with Crippen LogP contribution >= 0.6 is 11.8 Å². The summed E-state index contributed by atoms with van der Waals surface area (Å²) < 4.78 is 58.8. The first-order chi connectivity index (χ1) is 17.9. The van der Waals surface area contributed by atoms with Crippen LogP contribution < -0.4 is 15.4 Å². The van der Waals surface area contributed by atoms with Crippen LogP contribution in [0.25, 0.3) is 5.65 Å². The summed E-state index contributed by atoms with van der Waals surface area (Å²) in [6.07, 6.45) is 6.66. The molecular weight excluding hydrogens is 535 g/mol. The number of nitrogens with zero attached hydrogens (tertiary/aromatic N) is 5. The van der Waals surface area contributed by atoms with Crippen molar-refractivity contribution in [2.75, 3.05) is 23.7 Å². The van der Waals surface area contributed by atoms with E-state index < -0.39 is 23.1 Å². The minimum Gasteiger partial charge on any atom is -0.598 e. The number of hydrogen-bond donors (Lipinski definition) is 2. The summed E-state index contributed by atoms with van der Waals surface area (Å²) in [4.78, 5) is 15.3. The van der Waals surface area contributed by atoms with E-state index in [0.29, 0.717) is 23.0 Å². The molecule has 5 rings (SSSR count). The van der Waals surface area contributed by atoms with E-state index in [9.17, 15) is 17.7 Å². The third kappa shape index (κ3) is 5.30. The first-order valence-corrected chi connectivity index (χ1v) is 14.6. The van der Waals surface area contributed by atoms with Gasteiger partial charge in [0.15, 0.2) is 5.65 Å². The quantitative estimate of drug-likeness (QED) is 0.412. The predicted molar refractivity (Wildman–Crippen MR) is 143 cm³/mol. The van der Waals surface area contributed by atoms with Crippen LogP contribution in [0.3, 0.4) is 0 Å². The largest absolute Gasteiger partial charge is 0.598 e. The topological polar surface area (TPSA) is 107 Å². The molecular formula is C25H32F3N7OS2. The van der Waals surface area contributed by atoms with Gasteiger partial charge in [-0.15, -0.1) is 4.72 Å². The SMILES string of the molecule is CC(C)(C)[S+]([O-])NC1CN(c2ncc(Sc3cc(N)ncc3C(F)(F)F)c3nccn23)CCC12CCCC2. The van der Waals surface area contributed by atoms with Gasteiger partial charge in [-0.2, -0.15) is 13.2 Å². The number of nitrogens with one attached hydrogen (secondary N) is 1. The summed E-state index contributed by atoms with van der Waals surface area (Å²) in [5.74, 6) is 0.665. The van der Waals surface area contributed by atoms with Gasteiger partial charge in [0.25, 0.3) is 0 Å². The van der Waals surface area contributed by atoms with Gasteiger partial charge in [0.2, 0.25) is 5.95 Å². The Hall–Kier alpha value is -2.22. The molecule has 1 saturated carbocycles. The van der Waals surface area contributed by atoms with Crippen LogP contribution in [-0.4, -0.2) is 47.8 Å². The third-order valence-corrected chi connectivity index (χ3v) is 10.2. The number of hydrogen-bond acceptors (Lipinski definition) is 8. The summed E-state index contributed by atoms with van der Waals surface area (Å²) in [5.41, 5.74) is 5.46. The number of halogens is 3. The zero-order chi connectivity index (χ0) is 27.3. The number of aromatic nitrogens is 4. The Kier molecular flexibility index (Phi) is 7.25. The van der Waals surface area contributed by atoms with Crippen molar-refractivity contribution in [3.05, 3.63) is 36.4 Å². The van der Waals surface area contributed by atoms with Crippen LogP contribution in [0.15, 0.2) is 40.6 Å². The molecule has 2 fully saturated rings. The molecule has 3 N–H and O–H groups in total. The number of anilines is 2. The third-order valence-electron chi connectivity index (χ3n) is 7.50. The predicted octanol–water partition coefficient (Wildman–Crippen LogP) is 5.07.